The van der Waals surface area contributed by atoms with Crippen LogP contribution in [0.2, 0.25) is 0 Å². The number of quaternary nitrogens is 1. The lowest BCUT2D eigenvalue weighted by Crippen LogP contribution is -2.37. The third-order valence-corrected chi connectivity index (χ3v) is 15.9. The first-order valence-corrected chi connectivity index (χ1v) is 38.0. The van der Waals surface area contributed by atoms with E-state index in [0.29, 0.717) is 17.4 Å². The molecule has 0 radical (unpaired) electrons. The van der Waals surface area contributed by atoms with Crippen molar-refractivity contribution >= 4 is 19.8 Å². The Morgan fingerprint density at radius 3 is 0.870 bits per heavy atom. The van der Waals surface area contributed by atoms with Crippen molar-refractivity contribution in [3.05, 3.63) is 182 Å². The molecular weight excluding hydrogens is 1160 g/mol. The molecule has 2 atom stereocenters. The minimum absolute atomic E-state index is 0.0215. The monoisotopic (exact) mass is 1290 g/mol. The zero-order valence-electron chi connectivity index (χ0n) is 59.2. The van der Waals surface area contributed by atoms with Crippen molar-refractivity contribution in [2.75, 3.05) is 47.5 Å². The van der Waals surface area contributed by atoms with Gasteiger partial charge < -0.3 is 18.9 Å². The first-order valence-electron chi connectivity index (χ1n) is 36.5. The van der Waals surface area contributed by atoms with E-state index in [0.717, 1.165) is 148 Å². The smallest absolute Gasteiger partial charge is 0.462 e. The normalized spacial score (nSPS) is 14.2. The lowest BCUT2D eigenvalue weighted by atomic mass is 10.0. The van der Waals surface area contributed by atoms with Crippen LogP contribution < -0.4 is 0 Å². The van der Waals surface area contributed by atoms with Crippen LogP contribution in [0.15, 0.2) is 182 Å². The van der Waals surface area contributed by atoms with Crippen molar-refractivity contribution in [1.82, 2.24) is 0 Å². The number of ether oxygens (including phenoxy) is 2. The summed E-state index contributed by atoms with van der Waals surface area (Å²) in [5.41, 5.74) is 0. The molecule has 0 rings (SSSR count). The molecule has 0 bridgehead atoms. The van der Waals surface area contributed by atoms with Gasteiger partial charge in [0.1, 0.15) is 19.8 Å². The van der Waals surface area contributed by atoms with Crippen LogP contribution in [-0.4, -0.2) is 74.9 Å². The van der Waals surface area contributed by atoms with E-state index < -0.39 is 26.5 Å². The Balaban J connectivity index is 4.11. The fraction of sp³-hybridized carbons (Fsp3) is 0.610. The van der Waals surface area contributed by atoms with Gasteiger partial charge in [0.2, 0.25) is 0 Å². The summed E-state index contributed by atoms with van der Waals surface area (Å²) in [5, 5.41) is 0. The molecule has 0 aromatic rings. The molecule has 0 spiro atoms. The molecule has 0 fully saturated rings. The molecule has 0 heterocycles. The Bertz CT molecular complexity index is 2210. The second-order valence-corrected chi connectivity index (χ2v) is 26.3. The topological polar surface area (TPSA) is 108 Å². The number of esters is 2. The summed E-state index contributed by atoms with van der Waals surface area (Å²) in [4.78, 5) is 35.9. The van der Waals surface area contributed by atoms with E-state index >= 15 is 0 Å². The van der Waals surface area contributed by atoms with Gasteiger partial charge in [0, 0.05) is 12.8 Å². The Morgan fingerprint density at radius 2 is 0.587 bits per heavy atom. The summed E-state index contributed by atoms with van der Waals surface area (Å²) in [5.74, 6) is -0.814. The average Bonchev–Trinajstić information content (AvgIpc) is 2.34. The number of rotatable bonds is 65. The molecule has 0 saturated carbocycles. The molecule has 520 valence electrons. The standard InChI is InChI=1S/C82H134NO8P/c1-6-8-10-12-14-16-18-20-22-24-26-28-30-32-34-36-38-39-40-41-42-43-45-47-49-51-53-55-57-59-61-63-65-67-69-71-73-75-82(85)91-80(79-90-92(86,87)89-77-76-83(3,4)5)78-88-81(84)74-72-70-68-66-64-62-60-58-56-54-52-50-48-46-44-37-35-33-31-29-27-25-23-21-19-17-15-13-11-9-7-2/h8-11,14-17,20-23,26-29,32-35,38-39,41-42,44-47,50,52,80H,6-7,12-13,18-19,24-25,30-31,36-37,40,43,48-49,51,53-79H2,1-5H3/p+1/b10-8-,11-9-,16-14-,17-15-,22-20-,23-21-,28-26-,29-27-,34-32-,35-33-,39-38-,42-41-,46-44-,47-45-,52-50-. The SMILES string of the molecule is CC/C=C\C/C=C\C/C=C\C/C=C\C/C=C\C/C=C\C/C=C\C/C=C\CCCCCCCCCCCCCCC(=O)OC(COC(=O)CCCCCCCCCCC/C=C\C/C=C\C/C=C\C/C=C\C/C=C\C/C=C\C/C=C\CC)COP(=O)(O)OCC[N+](C)(C)C. The maximum Gasteiger partial charge on any atom is 0.472 e. The highest BCUT2D eigenvalue weighted by molar-refractivity contribution is 7.47. The van der Waals surface area contributed by atoms with Gasteiger partial charge in [-0.15, -0.1) is 0 Å². The molecule has 1 N–H and O–H groups in total. The summed E-state index contributed by atoms with van der Waals surface area (Å²) in [6.07, 6.45) is 108. The number of phosphoric ester groups is 1. The van der Waals surface area contributed by atoms with Crippen molar-refractivity contribution in [3.8, 4) is 0 Å². The van der Waals surface area contributed by atoms with E-state index in [9.17, 15) is 19.0 Å². The van der Waals surface area contributed by atoms with E-state index in [1.54, 1.807) is 0 Å². The highest BCUT2D eigenvalue weighted by Crippen LogP contribution is 2.43. The molecule has 10 heteroatoms. The first kappa shape index (κ1) is 87.1. The summed E-state index contributed by atoms with van der Waals surface area (Å²) in [6.45, 7) is 4.19. The van der Waals surface area contributed by atoms with Crippen LogP contribution >= 0.6 is 7.82 Å². The first-order chi connectivity index (χ1) is 45.0. The molecule has 92 heavy (non-hydrogen) atoms. The number of carbonyl (C=O) groups excluding carboxylic acids is 2. The average molecular weight is 1290 g/mol. The molecular formula is C82H135NO8P+. The Labute approximate surface area is 565 Å². The van der Waals surface area contributed by atoms with Crippen LogP contribution in [-0.2, 0) is 32.7 Å². The van der Waals surface area contributed by atoms with Gasteiger partial charge in [0.15, 0.2) is 6.10 Å². The summed E-state index contributed by atoms with van der Waals surface area (Å²) >= 11 is 0. The minimum atomic E-state index is -4.41. The van der Waals surface area contributed by atoms with E-state index in [1.807, 2.05) is 21.1 Å². The van der Waals surface area contributed by atoms with Gasteiger partial charge in [-0.05, 0) is 135 Å². The molecule has 0 aromatic heterocycles. The molecule has 0 aliphatic carbocycles. The third-order valence-electron chi connectivity index (χ3n) is 14.9. The minimum Gasteiger partial charge on any atom is -0.462 e. The second kappa shape index (κ2) is 70.4. The lowest BCUT2D eigenvalue weighted by molar-refractivity contribution is -0.870. The zero-order valence-corrected chi connectivity index (χ0v) is 60.1. The van der Waals surface area contributed by atoms with Gasteiger partial charge in [-0.2, -0.15) is 0 Å². The summed E-state index contributed by atoms with van der Waals surface area (Å²) in [6, 6.07) is 0. The molecule has 0 saturated heterocycles. The molecule has 0 aliphatic heterocycles. The number of phosphoric acid groups is 1. The van der Waals surface area contributed by atoms with Crippen LogP contribution in [0.3, 0.4) is 0 Å². The van der Waals surface area contributed by atoms with Gasteiger partial charge in [-0.25, -0.2) is 4.57 Å². The maximum atomic E-state index is 12.9. The number of carbonyl (C=O) groups is 2. The van der Waals surface area contributed by atoms with E-state index in [4.69, 9.17) is 18.5 Å². The van der Waals surface area contributed by atoms with Gasteiger partial charge in [0.05, 0.1) is 27.7 Å². The number of hydrogen-bond acceptors (Lipinski definition) is 7. The van der Waals surface area contributed by atoms with Crippen LogP contribution in [0.25, 0.3) is 0 Å². The molecule has 9 nitrogen and oxygen atoms in total. The number of allylic oxidation sites excluding steroid dienone is 30. The van der Waals surface area contributed by atoms with Crippen LogP contribution in [0.4, 0.5) is 0 Å². The lowest BCUT2D eigenvalue weighted by Gasteiger charge is -2.24. The predicted octanol–water partition coefficient (Wildman–Crippen LogP) is 24.3. The number of unbranched alkanes of at least 4 members (excludes halogenated alkanes) is 21. The number of nitrogens with zero attached hydrogens (tertiary/aromatic N) is 1. The van der Waals surface area contributed by atoms with Crippen LogP contribution in [0.5, 0.6) is 0 Å². The fourth-order valence-corrected chi connectivity index (χ4v) is 10.2. The molecule has 0 aromatic carbocycles. The fourth-order valence-electron chi connectivity index (χ4n) is 9.42. The van der Waals surface area contributed by atoms with Crippen molar-refractivity contribution in [1.29, 1.82) is 0 Å². The van der Waals surface area contributed by atoms with E-state index in [2.05, 4.69) is 196 Å². The molecule has 0 aliphatic rings. The van der Waals surface area contributed by atoms with E-state index in [-0.39, 0.29) is 32.0 Å². The van der Waals surface area contributed by atoms with Gasteiger partial charge in [0.25, 0.3) is 0 Å². The number of hydrogen-bond donors (Lipinski definition) is 1. The third kappa shape index (κ3) is 74.2. The van der Waals surface area contributed by atoms with Crippen LogP contribution in [0, 0.1) is 0 Å². The van der Waals surface area contributed by atoms with Gasteiger partial charge >= 0.3 is 19.8 Å². The quantitative estimate of drug-likeness (QED) is 0.0211. The number of likely N-dealkylation sites (N-methyl/N-ethyl adjacent to an activating group) is 1. The Kier molecular flexibility index (Phi) is 66.7. The van der Waals surface area contributed by atoms with Crippen molar-refractivity contribution in [2.24, 2.45) is 0 Å². The summed E-state index contributed by atoms with van der Waals surface area (Å²) in [7, 11) is 1.45. The molecule has 0 amide bonds. The predicted molar refractivity (Wildman–Crippen MR) is 399 cm³/mol. The van der Waals surface area contributed by atoms with Crippen molar-refractivity contribution in [2.45, 2.75) is 277 Å². The van der Waals surface area contributed by atoms with Gasteiger partial charge in [-0.1, -0.05) is 305 Å². The van der Waals surface area contributed by atoms with Crippen molar-refractivity contribution < 1.29 is 42.1 Å². The van der Waals surface area contributed by atoms with E-state index in [1.165, 1.54) is 89.9 Å². The zero-order chi connectivity index (χ0) is 66.9. The highest BCUT2D eigenvalue weighted by atomic mass is 31.2. The highest BCUT2D eigenvalue weighted by Gasteiger charge is 2.27. The Morgan fingerprint density at radius 1 is 0.337 bits per heavy atom. The maximum absolute atomic E-state index is 12.9. The van der Waals surface area contributed by atoms with Crippen molar-refractivity contribution in [3.63, 3.8) is 0 Å². The second-order valence-electron chi connectivity index (χ2n) is 24.9. The largest absolute Gasteiger partial charge is 0.472 e. The Hall–Kier alpha value is -4.89. The summed E-state index contributed by atoms with van der Waals surface area (Å²) < 4.78 is 34.7. The molecule has 2 unspecified atom stereocenters. The van der Waals surface area contributed by atoms with Crippen LogP contribution in [0.1, 0.15) is 271 Å². The van der Waals surface area contributed by atoms with Gasteiger partial charge in [-0.3, -0.25) is 18.6 Å².